The first-order valence-electron chi connectivity index (χ1n) is 12.7. The second-order valence-electron chi connectivity index (χ2n) is 9.48. The minimum Gasteiger partial charge on any atom is -0.497 e. The fourth-order valence-electron chi connectivity index (χ4n) is 5.04. The monoisotopic (exact) mass is 488 g/mol. The van der Waals surface area contributed by atoms with Crippen LogP contribution in [0, 0.1) is 19.8 Å². The summed E-state index contributed by atoms with van der Waals surface area (Å²) in [5, 5.41) is 7.83. The largest absolute Gasteiger partial charge is 0.497 e. The van der Waals surface area contributed by atoms with Crippen LogP contribution in [0.1, 0.15) is 60.3 Å². The maximum atomic E-state index is 13.5. The van der Waals surface area contributed by atoms with Gasteiger partial charge in [-0.1, -0.05) is 55.8 Å². The number of benzene rings is 2. The molecule has 0 spiro atoms. The Bertz CT molecular complexity index is 1190. The summed E-state index contributed by atoms with van der Waals surface area (Å²) in [7, 11) is 1.63. The zero-order valence-corrected chi connectivity index (χ0v) is 21.7. The van der Waals surface area contributed by atoms with Crippen LogP contribution in [-0.2, 0) is 22.7 Å². The van der Waals surface area contributed by atoms with Crippen LogP contribution in [0.4, 0.5) is 0 Å². The van der Waals surface area contributed by atoms with Crippen molar-refractivity contribution in [3.05, 3.63) is 82.7 Å². The van der Waals surface area contributed by atoms with Gasteiger partial charge in [-0.2, -0.15) is 5.10 Å². The van der Waals surface area contributed by atoms with Gasteiger partial charge in [0.05, 0.1) is 31.3 Å². The van der Waals surface area contributed by atoms with Crippen molar-refractivity contribution in [2.45, 2.75) is 59.2 Å². The van der Waals surface area contributed by atoms with Crippen molar-refractivity contribution in [3.8, 4) is 5.75 Å². The maximum absolute atomic E-state index is 13.5. The zero-order valence-electron chi connectivity index (χ0n) is 21.7. The van der Waals surface area contributed by atoms with Crippen molar-refractivity contribution in [1.29, 1.82) is 0 Å². The molecule has 36 heavy (non-hydrogen) atoms. The zero-order chi connectivity index (χ0) is 25.7. The fraction of sp³-hybridized carbons (Fsp3) is 0.414. The van der Waals surface area contributed by atoms with Crippen LogP contribution < -0.4 is 10.1 Å². The molecule has 1 aliphatic heterocycles. The number of unbranched alkanes of at least 4 members (excludes halogenated alkanes) is 1. The number of aromatic nitrogens is 2. The number of ether oxygens (including phenoxy) is 1. The van der Waals surface area contributed by atoms with Gasteiger partial charge in [0.25, 0.3) is 0 Å². The number of nitrogens with one attached hydrogen (secondary N) is 1. The van der Waals surface area contributed by atoms with Crippen LogP contribution in [0.3, 0.4) is 0 Å². The number of hydrogen-bond acceptors (Lipinski definition) is 4. The van der Waals surface area contributed by atoms with E-state index in [1.54, 1.807) is 7.11 Å². The Morgan fingerprint density at radius 2 is 1.83 bits per heavy atom. The van der Waals surface area contributed by atoms with Gasteiger partial charge in [0.2, 0.25) is 11.8 Å². The summed E-state index contributed by atoms with van der Waals surface area (Å²) >= 11 is 0. The van der Waals surface area contributed by atoms with Gasteiger partial charge in [-0.15, -0.1) is 0 Å². The average molecular weight is 489 g/mol. The van der Waals surface area contributed by atoms with Gasteiger partial charge >= 0.3 is 0 Å². The molecule has 7 heteroatoms. The van der Waals surface area contributed by atoms with Crippen molar-refractivity contribution in [2.24, 2.45) is 5.92 Å². The highest BCUT2D eigenvalue weighted by molar-refractivity contribution is 5.90. The first-order chi connectivity index (χ1) is 17.4. The molecular weight excluding hydrogens is 452 g/mol. The average Bonchev–Trinajstić information content (AvgIpc) is 3.36. The lowest BCUT2D eigenvalue weighted by molar-refractivity contribution is -0.129. The van der Waals surface area contributed by atoms with E-state index in [9.17, 15) is 9.59 Å². The molecule has 0 bridgehead atoms. The summed E-state index contributed by atoms with van der Waals surface area (Å²) in [5.74, 6) is 0.246. The topological polar surface area (TPSA) is 76.5 Å². The molecule has 7 nitrogen and oxygen atoms in total. The molecular formula is C29H36N4O3. The van der Waals surface area contributed by atoms with E-state index in [4.69, 9.17) is 9.84 Å². The maximum Gasteiger partial charge on any atom is 0.226 e. The third kappa shape index (κ3) is 5.45. The number of methoxy groups -OCH3 is 1. The molecule has 1 N–H and O–H groups in total. The van der Waals surface area contributed by atoms with Crippen LogP contribution in [0.2, 0.25) is 0 Å². The molecule has 1 aliphatic rings. The highest BCUT2D eigenvalue weighted by Crippen LogP contribution is 2.39. The Kier molecular flexibility index (Phi) is 8.08. The summed E-state index contributed by atoms with van der Waals surface area (Å²) < 4.78 is 7.28. The highest BCUT2D eigenvalue weighted by atomic mass is 16.5. The van der Waals surface area contributed by atoms with Crippen molar-refractivity contribution in [2.75, 3.05) is 13.7 Å². The first kappa shape index (κ1) is 25.5. The fourth-order valence-corrected chi connectivity index (χ4v) is 5.04. The summed E-state index contributed by atoms with van der Waals surface area (Å²) in [6.45, 7) is 7.85. The number of aryl methyl sites for hydroxylation is 1. The predicted molar refractivity (Wildman–Crippen MR) is 140 cm³/mol. The summed E-state index contributed by atoms with van der Waals surface area (Å²) in [6, 6.07) is 17.6. The molecule has 190 valence electrons. The number of carbonyl (C=O) groups excluding carboxylic acids is 2. The van der Waals surface area contributed by atoms with Crippen LogP contribution >= 0.6 is 0 Å². The molecule has 3 aromatic rings. The quantitative estimate of drug-likeness (QED) is 0.454. The molecule has 2 aromatic carbocycles. The van der Waals surface area contributed by atoms with Gasteiger partial charge in [-0.3, -0.25) is 14.3 Å². The van der Waals surface area contributed by atoms with Gasteiger partial charge in [0, 0.05) is 30.8 Å². The number of nitrogens with zero attached hydrogens (tertiary/aromatic N) is 3. The van der Waals surface area contributed by atoms with Gasteiger partial charge in [-0.25, -0.2) is 0 Å². The van der Waals surface area contributed by atoms with Gasteiger partial charge in [0.15, 0.2) is 0 Å². The van der Waals surface area contributed by atoms with Crippen LogP contribution in [0.25, 0.3) is 0 Å². The third-order valence-corrected chi connectivity index (χ3v) is 7.12. The SMILES string of the molecule is CCCCN1C(=O)CC(C(=O)NCc2c(C)nn(Cc3ccccc3)c2C)C1c1ccc(OC)cc1. The lowest BCUT2D eigenvalue weighted by atomic mass is 9.92. The number of carbonyl (C=O) groups is 2. The molecule has 4 rings (SSSR count). The Hall–Kier alpha value is -3.61. The second-order valence-corrected chi connectivity index (χ2v) is 9.48. The number of likely N-dealkylation sites (tertiary alicyclic amines) is 1. The summed E-state index contributed by atoms with van der Waals surface area (Å²) in [6.07, 6.45) is 2.12. The van der Waals surface area contributed by atoms with E-state index in [2.05, 4.69) is 24.4 Å². The van der Waals surface area contributed by atoms with Crippen LogP contribution in [0.5, 0.6) is 5.75 Å². The number of rotatable bonds is 10. The molecule has 0 radical (unpaired) electrons. The van der Waals surface area contributed by atoms with E-state index in [0.717, 1.165) is 41.1 Å². The second kappa shape index (κ2) is 11.4. The minimum absolute atomic E-state index is 0.0347. The number of hydrogen-bond donors (Lipinski definition) is 1. The molecule has 0 aliphatic carbocycles. The number of amides is 2. The normalized spacial score (nSPS) is 17.4. The first-order valence-corrected chi connectivity index (χ1v) is 12.7. The van der Waals surface area contributed by atoms with Gasteiger partial charge in [-0.05, 0) is 43.5 Å². The minimum atomic E-state index is -0.442. The van der Waals surface area contributed by atoms with E-state index < -0.39 is 5.92 Å². The van der Waals surface area contributed by atoms with Crippen LogP contribution in [-0.4, -0.2) is 40.1 Å². The lowest BCUT2D eigenvalue weighted by Crippen LogP contribution is -2.36. The third-order valence-electron chi connectivity index (χ3n) is 7.12. The van der Waals surface area contributed by atoms with Crippen molar-refractivity contribution in [3.63, 3.8) is 0 Å². The molecule has 2 atom stereocenters. The van der Waals surface area contributed by atoms with Crippen molar-refractivity contribution >= 4 is 11.8 Å². The predicted octanol–water partition coefficient (Wildman–Crippen LogP) is 4.56. The lowest BCUT2D eigenvalue weighted by Gasteiger charge is -2.28. The molecule has 2 unspecified atom stereocenters. The van der Waals surface area contributed by atoms with Crippen LogP contribution in [0.15, 0.2) is 54.6 Å². The molecule has 2 amide bonds. The smallest absolute Gasteiger partial charge is 0.226 e. The Morgan fingerprint density at radius 1 is 1.11 bits per heavy atom. The van der Waals surface area contributed by atoms with E-state index in [1.807, 2.05) is 65.9 Å². The van der Waals surface area contributed by atoms with Gasteiger partial charge < -0.3 is 15.0 Å². The van der Waals surface area contributed by atoms with E-state index in [1.165, 1.54) is 5.56 Å². The highest BCUT2D eigenvalue weighted by Gasteiger charge is 2.44. The molecule has 1 aromatic heterocycles. The Morgan fingerprint density at radius 3 is 2.50 bits per heavy atom. The molecule has 1 fully saturated rings. The summed E-state index contributed by atoms with van der Waals surface area (Å²) in [4.78, 5) is 28.3. The summed E-state index contributed by atoms with van der Waals surface area (Å²) in [5.41, 5.74) is 5.10. The molecule has 0 saturated carbocycles. The molecule has 1 saturated heterocycles. The van der Waals surface area contributed by atoms with E-state index in [-0.39, 0.29) is 24.3 Å². The molecule has 2 heterocycles. The van der Waals surface area contributed by atoms with Crippen molar-refractivity contribution in [1.82, 2.24) is 20.0 Å². The Labute approximate surface area is 213 Å². The van der Waals surface area contributed by atoms with E-state index in [0.29, 0.717) is 19.6 Å². The van der Waals surface area contributed by atoms with Gasteiger partial charge in [0.1, 0.15) is 5.75 Å². The Balaban J connectivity index is 1.51. The van der Waals surface area contributed by atoms with Crippen molar-refractivity contribution < 1.29 is 14.3 Å². The van der Waals surface area contributed by atoms with E-state index >= 15 is 0 Å². The standard InChI is InChI=1S/C29H36N4O3/c1-5-6-16-32-27(34)17-25(28(32)23-12-14-24(36-4)15-13-23)29(35)30-18-26-20(2)31-33(21(26)3)19-22-10-8-7-9-11-22/h7-15,25,28H,5-6,16-19H2,1-4H3,(H,30,35).